The number of hydrogen-bond donors (Lipinski definition) is 0. The quantitative estimate of drug-likeness (QED) is 0.792. The average molecular weight is 331 g/mol. The number of ether oxygens (including phenoxy) is 1. The van der Waals surface area contributed by atoms with Gasteiger partial charge in [0.2, 0.25) is 0 Å². The summed E-state index contributed by atoms with van der Waals surface area (Å²) >= 11 is 6.20. The van der Waals surface area contributed by atoms with Crippen molar-refractivity contribution in [3.63, 3.8) is 0 Å². The fraction of sp³-hybridized carbons (Fsp3) is 0.278. The van der Waals surface area contributed by atoms with Crippen LogP contribution < -0.4 is 4.90 Å². The summed E-state index contributed by atoms with van der Waals surface area (Å²) in [6.45, 7) is 1.88. The van der Waals surface area contributed by atoms with E-state index in [0.717, 1.165) is 24.3 Å². The number of aliphatic imine (C=N–C) groups is 1. The second-order valence-corrected chi connectivity index (χ2v) is 6.22. The summed E-state index contributed by atoms with van der Waals surface area (Å²) in [7, 11) is 0. The molecule has 2 heterocycles. The smallest absolute Gasteiger partial charge is 0.132 e. The lowest BCUT2D eigenvalue weighted by atomic mass is 9.99. The zero-order chi connectivity index (χ0) is 15.8. The van der Waals surface area contributed by atoms with Crippen molar-refractivity contribution in [3.8, 4) is 0 Å². The Hall–Kier alpha value is -1.91. The first-order valence-corrected chi connectivity index (χ1v) is 8.05. The first kappa shape index (κ1) is 14.7. The Kier molecular flexibility index (Phi) is 3.79. The van der Waals surface area contributed by atoms with Crippen LogP contribution in [0.25, 0.3) is 0 Å². The van der Waals surface area contributed by atoms with Crippen molar-refractivity contribution in [2.24, 2.45) is 4.99 Å². The Morgan fingerprint density at radius 2 is 2.04 bits per heavy atom. The summed E-state index contributed by atoms with van der Waals surface area (Å²) in [6.07, 6.45) is 0.913. The highest BCUT2D eigenvalue weighted by atomic mass is 35.5. The minimum absolute atomic E-state index is 0.270. The lowest BCUT2D eigenvalue weighted by Gasteiger charge is -2.36. The first-order valence-electron chi connectivity index (χ1n) is 7.68. The fourth-order valence-electron chi connectivity index (χ4n) is 3.21. The normalized spacial score (nSPS) is 20.3. The zero-order valence-corrected chi connectivity index (χ0v) is 13.3. The number of anilines is 1. The van der Waals surface area contributed by atoms with Gasteiger partial charge in [0.25, 0.3) is 0 Å². The van der Waals surface area contributed by atoms with Crippen LogP contribution in [0.3, 0.4) is 0 Å². The Bertz CT molecular complexity index is 777. The molecule has 1 fully saturated rings. The molecular formula is C18H16ClFN2O. The molecule has 2 aliphatic heterocycles. The molecule has 23 heavy (non-hydrogen) atoms. The summed E-state index contributed by atoms with van der Waals surface area (Å²) in [5.41, 5.74) is 3.03. The SMILES string of the molecule is Fc1ccccc1C1=NCC2CCOCN2c2ccc(Cl)cc21. The van der Waals surface area contributed by atoms with Crippen LogP contribution in [0.5, 0.6) is 0 Å². The van der Waals surface area contributed by atoms with Gasteiger partial charge in [-0.15, -0.1) is 0 Å². The molecule has 5 heteroatoms. The van der Waals surface area contributed by atoms with Crippen molar-refractivity contribution < 1.29 is 9.13 Å². The van der Waals surface area contributed by atoms with Gasteiger partial charge in [0.15, 0.2) is 0 Å². The van der Waals surface area contributed by atoms with Crippen LogP contribution in [0.2, 0.25) is 5.02 Å². The van der Waals surface area contributed by atoms with Gasteiger partial charge in [0.1, 0.15) is 12.5 Å². The van der Waals surface area contributed by atoms with Crippen LogP contribution >= 0.6 is 11.6 Å². The average Bonchev–Trinajstić information content (AvgIpc) is 2.72. The molecule has 1 atom stereocenters. The molecule has 0 bridgehead atoms. The highest BCUT2D eigenvalue weighted by molar-refractivity contribution is 6.31. The van der Waals surface area contributed by atoms with Crippen molar-refractivity contribution in [1.29, 1.82) is 0 Å². The molecule has 0 aromatic heterocycles. The number of benzene rings is 2. The molecule has 0 spiro atoms. The number of nitrogens with zero attached hydrogens (tertiary/aromatic N) is 2. The summed E-state index contributed by atoms with van der Waals surface area (Å²) in [6, 6.07) is 12.7. The van der Waals surface area contributed by atoms with E-state index in [9.17, 15) is 4.39 Å². The second-order valence-electron chi connectivity index (χ2n) is 5.78. The monoisotopic (exact) mass is 330 g/mol. The van der Waals surface area contributed by atoms with Crippen molar-refractivity contribution in [2.75, 3.05) is 24.8 Å². The zero-order valence-electron chi connectivity index (χ0n) is 12.5. The van der Waals surface area contributed by atoms with Gasteiger partial charge < -0.3 is 9.64 Å². The van der Waals surface area contributed by atoms with E-state index in [2.05, 4.69) is 4.90 Å². The van der Waals surface area contributed by atoms with E-state index in [1.807, 2.05) is 24.3 Å². The minimum atomic E-state index is -0.270. The number of rotatable bonds is 1. The highest BCUT2D eigenvalue weighted by Crippen LogP contribution is 2.33. The molecule has 0 saturated carbocycles. The van der Waals surface area contributed by atoms with Crippen molar-refractivity contribution in [3.05, 3.63) is 64.4 Å². The van der Waals surface area contributed by atoms with E-state index in [1.165, 1.54) is 6.07 Å². The Balaban J connectivity index is 1.91. The molecule has 0 radical (unpaired) electrons. The third kappa shape index (κ3) is 2.62. The predicted molar refractivity (Wildman–Crippen MR) is 90.1 cm³/mol. The summed E-state index contributed by atoms with van der Waals surface area (Å²) in [4.78, 5) is 6.94. The molecule has 118 valence electrons. The van der Waals surface area contributed by atoms with E-state index in [1.54, 1.807) is 12.1 Å². The van der Waals surface area contributed by atoms with Gasteiger partial charge in [0.05, 0.1) is 24.9 Å². The third-order valence-corrected chi connectivity index (χ3v) is 4.61. The molecule has 2 aliphatic rings. The molecule has 0 aliphatic carbocycles. The molecule has 3 nitrogen and oxygen atoms in total. The number of hydrogen-bond acceptors (Lipinski definition) is 3. The first-order chi connectivity index (χ1) is 11.2. The predicted octanol–water partition coefficient (Wildman–Crippen LogP) is 3.88. The molecule has 0 N–H and O–H groups in total. The van der Waals surface area contributed by atoms with Gasteiger partial charge in [-0.05, 0) is 36.8 Å². The van der Waals surface area contributed by atoms with E-state index >= 15 is 0 Å². The second kappa shape index (κ2) is 5.95. The minimum Gasteiger partial charge on any atom is -0.361 e. The van der Waals surface area contributed by atoms with Crippen LogP contribution in [-0.2, 0) is 4.74 Å². The maximum Gasteiger partial charge on any atom is 0.132 e. The molecule has 1 saturated heterocycles. The van der Waals surface area contributed by atoms with Gasteiger partial charge in [-0.2, -0.15) is 0 Å². The summed E-state index contributed by atoms with van der Waals surface area (Å²) < 4.78 is 19.9. The summed E-state index contributed by atoms with van der Waals surface area (Å²) in [5.74, 6) is -0.270. The number of halogens is 2. The summed E-state index contributed by atoms with van der Waals surface area (Å²) in [5, 5.41) is 0.615. The lowest BCUT2D eigenvalue weighted by molar-refractivity contribution is 0.0892. The lowest BCUT2D eigenvalue weighted by Crippen LogP contribution is -2.43. The van der Waals surface area contributed by atoms with E-state index in [-0.39, 0.29) is 11.9 Å². The van der Waals surface area contributed by atoms with Crippen LogP contribution in [0, 0.1) is 5.82 Å². The van der Waals surface area contributed by atoms with Crippen LogP contribution in [0.1, 0.15) is 17.5 Å². The van der Waals surface area contributed by atoms with Gasteiger partial charge >= 0.3 is 0 Å². The molecule has 0 amide bonds. The molecule has 4 rings (SSSR count). The largest absolute Gasteiger partial charge is 0.361 e. The van der Waals surface area contributed by atoms with E-state index < -0.39 is 0 Å². The molecule has 2 aromatic rings. The van der Waals surface area contributed by atoms with E-state index in [0.29, 0.717) is 29.6 Å². The third-order valence-electron chi connectivity index (χ3n) is 4.38. The standard InChI is InChI=1S/C18H16ClFN2O/c19-12-5-6-17-15(9-12)18(14-3-1-2-4-16(14)20)21-10-13-7-8-23-11-22(13)17/h1-6,9,13H,7-8,10-11H2. The van der Waals surface area contributed by atoms with Gasteiger partial charge in [-0.25, -0.2) is 4.39 Å². The molecule has 2 aromatic carbocycles. The van der Waals surface area contributed by atoms with Gasteiger partial charge in [-0.3, -0.25) is 4.99 Å². The van der Waals surface area contributed by atoms with Gasteiger partial charge in [-0.1, -0.05) is 23.7 Å². The maximum atomic E-state index is 14.3. The topological polar surface area (TPSA) is 24.8 Å². The Morgan fingerprint density at radius 3 is 2.91 bits per heavy atom. The fourth-order valence-corrected chi connectivity index (χ4v) is 3.39. The number of fused-ring (bicyclic) bond motifs is 3. The van der Waals surface area contributed by atoms with Crippen LogP contribution in [0.4, 0.5) is 10.1 Å². The van der Waals surface area contributed by atoms with Crippen molar-refractivity contribution >= 4 is 23.0 Å². The van der Waals surface area contributed by atoms with E-state index in [4.69, 9.17) is 21.3 Å². The van der Waals surface area contributed by atoms with Crippen LogP contribution in [0.15, 0.2) is 47.5 Å². The van der Waals surface area contributed by atoms with Crippen LogP contribution in [-0.4, -0.2) is 31.6 Å². The molecular weight excluding hydrogens is 315 g/mol. The molecule has 1 unspecified atom stereocenters. The maximum absolute atomic E-state index is 14.3. The van der Waals surface area contributed by atoms with Crippen molar-refractivity contribution in [2.45, 2.75) is 12.5 Å². The highest BCUT2D eigenvalue weighted by Gasteiger charge is 2.29. The van der Waals surface area contributed by atoms with Gasteiger partial charge in [0, 0.05) is 21.8 Å². The van der Waals surface area contributed by atoms with Crippen molar-refractivity contribution in [1.82, 2.24) is 0 Å². The Labute approximate surface area is 139 Å². The Morgan fingerprint density at radius 1 is 1.17 bits per heavy atom.